The molecule has 0 aromatic carbocycles. The molecule has 4 heteroatoms. The molecule has 1 atom stereocenters. The Labute approximate surface area is 109 Å². The summed E-state index contributed by atoms with van der Waals surface area (Å²) in [5.74, 6) is 2.14. The van der Waals surface area contributed by atoms with Crippen LogP contribution in [0.5, 0.6) is 0 Å². The van der Waals surface area contributed by atoms with Gasteiger partial charge in [-0.05, 0) is 19.3 Å². The van der Waals surface area contributed by atoms with E-state index in [1.165, 1.54) is 38.5 Å². The van der Waals surface area contributed by atoms with Gasteiger partial charge in [0.15, 0.2) is 5.82 Å². The van der Waals surface area contributed by atoms with Crippen molar-refractivity contribution >= 4 is 0 Å². The lowest BCUT2D eigenvalue weighted by atomic mass is 10.00. The van der Waals surface area contributed by atoms with E-state index in [0.717, 1.165) is 24.6 Å². The molecule has 0 saturated heterocycles. The Hall–Kier alpha value is -0.900. The fraction of sp³-hybridized carbons (Fsp3) is 0.857. The maximum Gasteiger partial charge on any atom is 0.228 e. The monoisotopic (exact) mass is 251 g/mol. The van der Waals surface area contributed by atoms with E-state index in [4.69, 9.17) is 10.3 Å². The minimum Gasteiger partial charge on any atom is -0.339 e. The summed E-state index contributed by atoms with van der Waals surface area (Å²) in [4.78, 5) is 4.54. The molecule has 1 fully saturated rings. The highest BCUT2D eigenvalue weighted by Crippen LogP contribution is 2.29. The van der Waals surface area contributed by atoms with Crippen molar-refractivity contribution in [1.29, 1.82) is 0 Å². The molecule has 1 saturated carbocycles. The zero-order valence-electron chi connectivity index (χ0n) is 11.4. The molecule has 1 aliphatic carbocycles. The van der Waals surface area contributed by atoms with E-state index in [9.17, 15) is 0 Å². The molecular formula is C14H25N3O. The first-order valence-electron chi connectivity index (χ1n) is 7.37. The van der Waals surface area contributed by atoms with Gasteiger partial charge in [0.1, 0.15) is 0 Å². The average molecular weight is 251 g/mol. The molecule has 4 nitrogen and oxygen atoms in total. The molecule has 18 heavy (non-hydrogen) atoms. The average Bonchev–Trinajstić information content (AvgIpc) is 2.64. The quantitative estimate of drug-likeness (QED) is 0.816. The summed E-state index contributed by atoms with van der Waals surface area (Å²) < 4.78 is 5.33. The van der Waals surface area contributed by atoms with Gasteiger partial charge in [0.2, 0.25) is 5.89 Å². The third kappa shape index (κ3) is 3.80. The summed E-state index contributed by atoms with van der Waals surface area (Å²) in [5, 5.41) is 4.15. The lowest BCUT2D eigenvalue weighted by molar-refractivity contribution is 0.356. The number of nitrogens with zero attached hydrogens (tertiary/aromatic N) is 2. The lowest BCUT2D eigenvalue weighted by Gasteiger charge is -2.08. The lowest BCUT2D eigenvalue weighted by Crippen LogP contribution is -2.22. The molecule has 2 N–H and O–H groups in total. The Bertz CT molecular complexity index is 343. The fourth-order valence-corrected chi connectivity index (χ4v) is 2.75. The third-order valence-corrected chi connectivity index (χ3v) is 3.80. The highest BCUT2D eigenvalue weighted by Gasteiger charge is 2.20. The summed E-state index contributed by atoms with van der Waals surface area (Å²) in [6.07, 6.45) is 10.5. The second-order valence-electron chi connectivity index (χ2n) is 5.49. The minimum absolute atomic E-state index is 0.150. The van der Waals surface area contributed by atoms with Crippen molar-refractivity contribution in [3.05, 3.63) is 11.7 Å². The van der Waals surface area contributed by atoms with Gasteiger partial charge in [-0.2, -0.15) is 4.98 Å². The second kappa shape index (κ2) is 6.88. The highest BCUT2D eigenvalue weighted by atomic mass is 16.5. The molecule has 1 unspecified atom stereocenters. The van der Waals surface area contributed by atoms with Gasteiger partial charge in [-0.1, -0.05) is 44.2 Å². The molecule has 0 aliphatic heterocycles. The summed E-state index contributed by atoms with van der Waals surface area (Å²) in [6, 6.07) is 0.150. The third-order valence-electron chi connectivity index (χ3n) is 3.80. The van der Waals surface area contributed by atoms with Gasteiger partial charge in [0.25, 0.3) is 0 Å². The molecule has 1 aromatic heterocycles. The highest BCUT2D eigenvalue weighted by molar-refractivity contribution is 4.97. The van der Waals surface area contributed by atoms with Crippen molar-refractivity contribution in [2.45, 2.75) is 76.7 Å². The first-order valence-corrected chi connectivity index (χ1v) is 7.37. The van der Waals surface area contributed by atoms with Crippen LogP contribution in [0.1, 0.15) is 75.9 Å². The van der Waals surface area contributed by atoms with Crippen molar-refractivity contribution in [3.63, 3.8) is 0 Å². The van der Waals surface area contributed by atoms with Crippen LogP contribution in [0.3, 0.4) is 0 Å². The maximum absolute atomic E-state index is 6.00. The van der Waals surface area contributed by atoms with E-state index in [-0.39, 0.29) is 6.04 Å². The van der Waals surface area contributed by atoms with Crippen LogP contribution in [-0.2, 0) is 6.42 Å². The molecule has 0 bridgehead atoms. The predicted octanol–water partition coefficient (Wildman–Crippen LogP) is 3.18. The number of rotatable bonds is 5. The van der Waals surface area contributed by atoms with Gasteiger partial charge in [0.05, 0.1) is 0 Å². The molecular weight excluding hydrogens is 226 g/mol. The zero-order chi connectivity index (χ0) is 12.8. The Morgan fingerprint density at radius 1 is 1.28 bits per heavy atom. The predicted molar refractivity (Wildman–Crippen MR) is 71.3 cm³/mol. The second-order valence-corrected chi connectivity index (χ2v) is 5.49. The van der Waals surface area contributed by atoms with Crippen molar-refractivity contribution in [3.8, 4) is 0 Å². The number of nitrogens with two attached hydrogens (primary N) is 1. The smallest absolute Gasteiger partial charge is 0.228 e. The van der Waals surface area contributed by atoms with E-state index in [1.54, 1.807) is 0 Å². The van der Waals surface area contributed by atoms with Crippen LogP contribution < -0.4 is 5.73 Å². The van der Waals surface area contributed by atoms with E-state index >= 15 is 0 Å². The van der Waals surface area contributed by atoms with Gasteiger partial charge < -0.3 is 10.3 Å². The van der Waals surface area contributed by atoms with Crippen LogP contribution in [0.25, 0.3) is 0 Å². The maximum atomic E-state index is 6.00. The molecule has 1 aliphatic rings. The van der Waals surface area contributed by atoms with Crippen LogP contribution in [0, 0.1) is 0 Å². The van der Waals surface area contributed by atoms with E-state index in [0.29, 0.717) is 12.3 Å². The Balaban J connectivity index is 1.92. The van der Waals surface area contributed by atoms with Crippen LogP contribution in [0.2, 0.25) is 0 Å². The molecule has 0 spiro atoms. The zero-order valence-corrected chi connectivity index (χ0v) is 11.4. The standard InChI is InChI=1S/C14H25N3O/c1-2-7-12(15)10-13-16-14(17-18-13)11-8-5-3-4-6-9-11/h11-12H,2-10,15H2,1H3. The summed E-state index contributed by atoms with van der Waals surface area (Å²) >= 11 is 0. The Kier molecular flexibility index (Phi) is 5.17. The summed E-state index contributed by atoms with van der Waals surface area (Å²) in [7, 11) is 0. The van der Waals surface area contributed by atoms with E-state index in [2.05, 4.69) is 17.1 Å². The summed E-state index contributed by atoms with van der Waals surface area (Å²) in [6.45, 7) is 2.14. The molecule has 1 aromatic rings. The normalized spacial score (nSPS) is 19.7. The number of hydrogen-bond acceptors (Lipinski definition) is 4. The van der Waals surface area contributed by atoms with Crippen LogP contribution in [-0.4, -0.2) is 16.2 Å². The molecule has 0 amide bonds. The van der Waals surface area contributed by atoms with Gasteiger partial charge in [-0.25, -0.2) is 0 Å². The number of hydrogen-bond donors (Lipinski definition) is 1. The minimum atomic E-state index is 0.150. The summed E-state index contributed by atoms with van der Waals surface area (Å²) in [5.41, 5.74) is 6.00. The van der Waals surface area contributed by atoms with Crippen LogP contribution in [0.15, 0.2) is 4.52 Å². The molecule has 0 radical (unpaired) electrons. The van der Waals surface area contributed by atoms with Crippen molar-refractivity contribution in [2.24, 2.45) is 5.73 Å². The Morgan fingerprint density at radius 3 is 2.67 bits per heavy atom. The SMILES string of the molecule is CCCC(N)Cc1nc(C2CCCCCC2)no1. The molecule has 1 heterocycles. The fourth-order valence-electron chi connectivity index (χ4n) is 2.75. The first-order chi connectivity index (χ1) is 8.79. The van der Waals surface area contributed by atoms with Crippen molar-refractivity contribution in [1.82, 2.24) is 10.1 Å². The van der Waals surface area contributed by atoms with Gasteiger partial charge >= 0.3 is 0 Å². The van der Waals surface area contributed by atoms with Gasteiger partial charge in [0, 0.05) is 18.4 Å². The molecule has 2 rings (SSSR count). The van der Waals surface area contributed by atoms with Crippen molar-refractivity contribution in [2.75, 3.05) is 0 Å². The van der Waals surface area contributed by atoms with E-state index in [1.807, 2.05) is 0 Å². The van der Waals surface area contributed by atoms with Crippen molar-refractivity contribution < 1.29 is 4.52 Å². The number of aromatic nitrogens is 2. The van der Waals surface area contributed by atoms with Crippen LogP contribution in [0.4, 0.5) is 0 Å². The Morgan fingerprint density at radius 2 is 2.00 bits per heavy atom. The van der Waals surface area contributed by atoms with Gasteiger partial charge in [-0.15, -0.1) is 0 Å². The largest absolute Gasteiger partial charge is 0.339 e. The topological polar surface area (TPSA) is 64.9 Å². The van der Waals surface area contributed by atoms with Crippen LogP contribution >= 0.6 is 0 Å². The first kappa shape index (κ1) is 13.5. The van der Waals surface area contributed by atoms with Gasteiger partial charge in [-0.3, -0.25) is 0 Å². The molecule has 102 valence electrons. The van der Waals surface area contributed by atoms with E-state index < -0.39 is 0 Å².